The second-order valence-corrected chi connectivity index (χ2v) is 14.0. The van der Waals surface area contributed by atoms with Crippen LogP contribution in [0.1, 0.15) is 97.5 Å². The molecular formula is C33H53ClN4O3. The van der Waals surface area contributed by atoms with Crippen LogP contribution in [-0.4, -0.2) is 72.3 Å². The number of carbonyl (C=O) groups is 3. The highest BCUT2D eigenvalue weighted by atomic mass is 35.5. The smallest absolute Gasteiger partial charge is 0.245 e. The second-order valence-electron chi connectivity index (χ2n) is 13.5. The molecule has 4 rings (SSSR count). The summed E-state index contributed by atoms with van der Waals surface area (Å²) in [6.07, 6.45) is 12.3. The summed E-state index contributed by atoms with van der Waals surface area (Å²) in [5.41, 5.74) is 0.225. The van der Waals surface area contributed by atoms with Gasteiger partial charge in [0.1, 0.15) is 6.04 Å². The average molecular weight is 589 g/mol. The van der Waals surface area contributed by atoms with Crippen molar-refractivity contribution in [1.82, 2.24) is 20.4 Å². The number of benzene rings is 1. The maximum absolute atomic E-state index is 13.5. The molecule has 1 aliphatic carbocycles. The molecule has 1 aromatic rings. The van der Waals surface area contributed by atoms with Crippen molar-refractivity contribution in [2.75, 3.05) is 26.7 Å². The van der Waals surface area contributed by atoms with Crippen molar-refractivity contribution in [2.45, 2.75) is 116 Å². The number of halogens is 1. The highest BCUT2D eigenvalue weighted by Gasteiger charge is 2.49. The fourth-order valence-corrected chi connectivity index (χ4v) is 6.81. The fourth-order valence-electron chi connectivity index (χ4n) is 6.69. The minimum Gasteiger partial charge on any atom is -0.351 e. The van der Waals surface area contributed by atoms with Gasteiger partial charge in [0.15, 0.2) is 0 Å². The van der Waals surface area contributed by atoms with E-state index >= 15 is 0 Å². The Bertz CT molecular complexity index is 969. The summed E-state index contributed by atoms with van der Waals surface area (Å²) >= 11 is 5.97. The average Bonchev–Trinajstić information content (AvgIpc) is 2.95. The molecule has 2 aliphatic heterocycles. The Morgan fingerprint density at radius 2 is 1.61 bits per heavy atom. The van der Waals surface area contributed by atoms with Crippen LogP contribution in [0.5, 0.6) is 0 Å². The maximum atomic E-state index is 13.5. The Morgan fingerprint density at radius 1 is 1.00 bits per heavy atom. The van der Waals surface area contributed by atoms with Gasteiger partial charge in [0, 0.05) is 36.1 Å². The molecule has 41 heavy (non-hydrogen) atoms. The predicted octanol–water partition coefficient (Wildman–Crippen LogP) is 5.59. The lowest BCUT2D eigenvalue weighted by Crippen LogP contribution is -2.58. The van der Waals surface area contributed by atoms with E-state index in [2.05, 4.69) is 29.5 Å². The van der Waals surface area contributed by atoms with Crippen LogP contribution in [0.15, 0.2) is 24.3 Å². The van der Waals surface area contributed by atoms with Gasteiger partial charge in [0.2, 0.25) is 18.2 Å². The molecule has 8 heteroatoms. The van der Waals surface area contributed by atoms with Crippen molar-refractivity contribution in [1.29, 1.82) is 0 Å². The summed E-state index contributed by atoms with van der Waals surface area (Å²) in [4.78, 5) is 42.3. The normalized spacial score (nSPS) is 22.6. The van der Waals surface area contributed by atoms with Gasteiger partial charge < -0.3 is 20.4 Å². The molecule has 0 unspecified atom stereocenters. The third-order valence-corrected chi connectivity index (χ3v) is 9.60. The van der Waals surface area contributed by atoms with E-state index in [0.717, 1.165) is 24.4 Å². The molecule has 3 fully saturated rings. The molecule has 0 aromatic heterocycles. The van der Waals surface area contributed by atoms with Gasteiger partial charge in [0.05, 0.1) is 5.41 Å². The number of nitrogens with one attached hydrogen (secondary N) is 2. The van der Waals surface area contributed by atoms with E-state index in [0.29, 0.717) is 49.7 Å². The van der Waals surface area contributed by atoms with Crippen LogP contribution in [0.2, 0.25) is 5.02 Å². The molecule has 1 saturated carbocycles. The molecule has 0 spiro atoms. The minimum atomic E-state index is -0.630. The Morgan fingerprint density at radius 3 is 2.12 bits per heavy atom. The zero-order chi connectivity index (χ0) is 30.0. The van der Waals surface area contributed by atoms with Crippen LogP contribution in [0.4, 0.5) is 0 Å². The molecule has 2 saturated heterocycles. The summed E-state index contributed by atoms with van der Waals surface area (Å²) in [7, 11) is 2.21. The van der Waals surface area contributed by atoms with Gasteiger partial charge in [-0.3, -0.25) is 14.4 Å². The molecule has 0 radical (unpaired) electrons. The standard InChI is InChI=1S/C26H38ClN3O3.C7H15N/c1-25(2,3)29-24(33)26(20-7-5-4-6-8-20)13-15-30(16-14-26)23(32)22(28-18-31)17-19-9-11-21(27)12-10-19;1-7-5-3-4-6-8(7)2/h9-12,18,20,22H,4-8,13-17H2,1-3H3,(H,28,31)(H,29,33);7H,3-6H2,1-2H3/t22-;7-/m11/s1. The molecule has 2 atom stereocenters. The summed E-state index contributed by atoms with van der Waals surface area (Å²) in [5, 5.41) is 6.57. The SMILES string of the molecule is CC(C)(C)NC(=O)C1(C2CCCCC2)CCN(C(=O)[C@@H](Cc2ccc(Cl)cc2)NC=O)CC1.C[C@@H]1CCCCN1C. The van der Waals surface area contributed by atoms with Crippen LogP contribution in [0.3, 0.4) is 0 Å². The first-order chi connectivity index (χ1) is 19.4. The lowest BCUT2D eigenvalue weighted by atomic mass is 9.63. The van der Waals surface area contributed by atoms with Gasteiger partial charge in [-0.2, -0.15) is 0 Å². The molecule has 1 aromatic carbocycles. The van der Waals surface area contributed by atoms with E-state index in [1.807, 2.05) is 37.8 Å². The molecule has 7 nitrogen and oxygen atoms in total. The zero-order valence-electron chi connectivity index (χ0n) is 26.0. The van der Waals surface area contributed by atoms with E-state index in [9.17, 15) is 14.4 Å². The summed E-state index contributed by atoms with van der Waals surface area (Å²) in [6.45, 7) is 10.7. The topological polar surface area (TPSA) is 81.8 Å². The Kier molecular flexibility index (Phi) is 12.5. The zero-order valence-corrected chi connectivity index (χ0v) is 26.8. The van der Waals surface area contributed by atoms with Gasteiger partial charge in [-0.15, -0.1) is 0 Å². The van der Waals surface area contributed by atoms with E-state index in [-0.39, 0.29) is 17.4 Å². The maximum Gasteiger partial charge on any atom is 0.245 e. The van der Waals surface area contributed by atoms with Gasteiger partial charge in [-0.1, -0.05) is 49.4 Å². The molecule has 230 valence electrons. The summed E-state index contributed by atoms with van der Waals surface area (Å²) in [5.74, 6) is 0.409. The number of amides is 3. The third-order valence-electron chi connectivity index (χ3n) is 9.35. The molecular weight excluding hydrogens is 536 g/mol. The van der Waals surface area contributed by atoms with Crippen LogP contribution >= 0.6 is 11.6 Å². The largest absolute Gasteiger partial charge is 0.351 e. The van der Waals surface area contributed by atoms with Gasteiger partial charge in [-0.05, 0) is 103 Å². The van der Waals surface area contributed by atoms with E-state index in [1.54, 1.807) is 12.1 Å². The minimum absolute atomic E-state index is 0.0921. The highest BCUT2D eigenvalue weighted by Crippen LogP contribution is 2.46. The highest BCUT2D eigenvalue weighted by molar-refractivity contribution is 6.30. The van der Waals surface area contributed by atoms with Crippen LogP contribution in [-0.2, 0) is 20.8 Å². The number of hydrogen-bond donors (Lipinski definition) is 2. The molecule has 3 aliphatic rings. The number of piperidine rings is 2. The summed E-state index contributed by atoms with van der Waals surface area (Å²) in [6, 6.07) is 7.52. The fraction of sp³-hybridized carbons (Fsp3) is 0.727. The Labute approximate surface area is 253 Å². The van der Waals surface area contributed by atoms with Gasteiger partial charge >= 0.3 is 0 Å². The van der Waals surface area contributed by atoms with Crippen molar-refractivity contribution in [3.63, 3.8) is 0 Å². The number of rotatable bonds is 7. The number of likely N-dealkylation sites (tertiary alicyclic amines) is 2. The van der Waals surface area contributed by atoms with E-state index < -0.39 is 11.5 Å². The first-order valence-corrected chi connectivity index (χ1v) is 16.1. The van der Waals surface area contributed by atoms with Gasteiger partial charge in [0.25, 0.3) is 0 Å². The van der Waals surface area contributed by atoms with E-state index in [1.165, 1.54) is 45.1 Å². The lowest BCUT2D eigenvalue weighted by Gasteiger charge is -2.48. The first kappa shape index (κ1) is 33.4. The number of nitrogens with zero attached hydrogens (tertiary/aromatic N) is 2. The van der Waals surface area contributed by atoms with Crippen LogP contribution in [0, 0.1) is 11.3 Å². The Hall–Kier alpha value is -2.12. The number of hydrogen-bond acceptors (Lipinski definition) is 4. The van der Waals surface area contributed by atoms with Crippen molar-refractivity contribution in [3.05, 3.63) is 34.9 Å². The molecule has 0 bridgehead atoms. The molecule has 3 amide bonds. The molecule has 2 heterocycles. The van der Waals surface area contributed by atoms with Crippen molar-refractivity contribution >= 4 is 29.8 Å². The van der Waals surface area contributed by atoms with Crippen molar-refractivity contribution < 1.29 is 14.4 Å². The number of carbonyl (C=O) groups excluding carboxylic acids is 3. The quantitative estimate of drug-likeness (QED) is 0.407. The van der Waals surface area contributed by atoms with Crippen LogP contribution < -0.4 is 10.6 Å². The lowest BCUT2D eigenvalue weighted by molar-refractivity contribution is -0.147. The molecule has 2 N–H and O–H groups in total. The first-order valence-electron chi connectivity index (χ1n) is 15.7. The van der Waals surface area contributed by atoms with Gasteiger partial charge in [-0.25, -0.2) is 0 Å². The van der Waals surface area contributed by atoms with E-state index in [4.69, 9.17) is 11.6 Å². The Balaban J connectivity index is 0.000000496. The monoisotopic (exact) mass is 588 g/mol. The third kappa shape index (κ3) is 9.71. The van der Waals surface area contributed by atoms with Crippen molar-refractivity contribution in [3.8, 4) is 0 Å². The van der Waals surface area contributed by atoms with Crippen LogP contribution in [0.25, 0.3) is 0 Å². The second kappa shape index (κ2) is 15.4. The van der Waals surface area contributed by atoms with Crippen molar-refractivity contribution in [2.24, 2.45) is 11.3 Å². The predicted molar refractivity (Wildman–Crippen MR) is 167 cm³/mol. The summed E-state index contributed by atoms with van der Waals surface area (Å²) < 4.78 is 0.